The molecule has 182 valence electrons. The molecule has 0 spiro atoms. The highest BCUT2D eigenvalue weighted by molar-refractivity contribution is 9.10. The largest absolute Gasteiger partial charge is 0.326 e. The van der Waals surface area contributed by atoms with Crippen LogP contribution in [-0.2, 0) is 26.0 Å². The number of hydrogen-bond donors (Lipinski definition) is 1. The summed E-state index contributed by atoms with van der Waals surface area (Å²) in [6.45, 7) is 4.52. The highest BCUT2D eigenvalue weighted by atomic mass is 79.9. The molecule has 1 atom stereocenters. The molecule has 0 aromatic heterocycles. The standard InChI is InChI=1S/C24H27BrClN3O4S/c1-3-22(30)29-10-8-16-11-18(25)12-21(23(16)29)34(32,33)28-9-4-5-17(14-28)24(31)27-19-7-6-15(2)20(26)13-19/h6-7,11-13,17H,3-5,8-10,14H2,1-2H3,(H,27,31)/t17-/m0/s1. The Morgan fingerprint density at radius 1 is 1.21 bits per heavy atom. The summed E-state index contributed by atoms with van der Waals surface area (Å²) in [5, 5.41) is 3.42. The molecular formula is C24H27BrClN3O4S. The summed E-state index contributed by atoms with van der Waals surface area (Å²) in [5.41, 5.74) is 2.79. The number of anilines is 2. The van der Waals surface area contributed by atoms with Gasteiger partial charge in [-0.25, -0.2) is 8.42 Å². The number of halogens is 2. The molecule has 1 fully saturated rings. The zero-order valence-corrected chi connectivity index (χ0v) is 22.3. The van der Waals surface area contributed by atoms with E-state index in [0.717, 1.165) is 11.1 Å². The third-order valence-corrected chi connectivity index (χ3v) is 9.15. The topological polar surface area (TPSA) is 86.8 Å². The maximum absolute atomic E-state index is 13.8. The summed E-state index contributed by atoms with van der Waals surface area (Å²) >= 11 is 9.59. The molecule has 0 saturated carbocycles. The Balaban J connectivity index is 1.59. The average Bonchev–Trinajstić information content (AvgIpc) is 3.24. The van der Waals surface area contributed by atoms with Gasteiger partial charge in [0, 0.05) is 41.2 Å². The van der Waals surface area contributed by atoms with E-state index in [2.05, 4.69) is 21.2 Å². The van der Waals surface area contributed by atoms with Gasteiger partial charge in [0.25, 0.3) is 0 Å². The Morgan fingerprint density at radius 2 is 1.97 bits per heavy atom. The lowest BCUT2D eigenvalue weighted by molar-refractivity contribution is -0.121. The molecule has 2 aromatic rings. The van der Waals surface area contributed by atoms with E-state index in [1.54, 1.807) is 30.0 Å². The third-order valence-electron chi connectivity index (χ3n) is 6.41. The van der Waals surface area contributed by atoms with Crippen LogP contribution in [0.15, 0.2) is 39.7 Å². The normalized spacial score (nSPS) is 18.6. The number of piperidine rings is 1. The maximum atomic E-state index is 13.8. The van der Waals surface area contributed by atoms with E-state index in [1.807, 2.05) is 19.1 Å². The zero-order chi connectivity index (χ0) is 24.6. The van der Waals surface area contributed by atoms with Gasteiger partial charge in [-0.15, -0.1) is 0 Å². The van der Waals surface area contributed by atoms with Gasteiger partial charge < -0.3 is 10.2 Å². The third kappa shape index (κ3) is 4.89. The molecular weight excluding hydrogens is 542 g/mol. The van der Waals surface area contributed by atoms with Gasteiger partial charge in [0.1, 0.15) is 4.90 Å². The van der Waals surface area contributed by atoms with Gasteiger partial charge in [-0.2, -0.15) is 4.31 Å². The molecule has 2 aliphatic rings. The number of fused-ring (bicyclic) bond motifs is 1. The lowest BCUT2D eigenvalue weighted by Gasteiger charge is -2.32. The summed E-state index contributed by atoms with van der Waals surface area (Å²) < 4.78 is 29.6. The zero-order valence-electron chi connectivity index (χ0n) is 19.1. The van der Waals surface area contributed by atoms with Gasteiger partial charge in [-0.05, 0) is 61.6 Å². The van der Waals surface area contributed by atoms with Crippen LogP contribution in [0.4, 0.5) is 11.4 Å². The van der Waals surface area contributed by atoms with E-state index in [-0.39, 0.29) is 23.3 Å². The Bertz CT molecular complexity index is 1250. The van der Waals surface area contributed by atoms with Gasteiger partial charge in [-0.3, -0.25) is 9.59 Å². The number of rotatable bonds is 5. The minimum Gasteiger partial charge on any atom is -0.326 e. The Hall–Kier alpha value is -1.94. The highest BCUT2D eigenvalue weighted by Gasteiger charge is 2.38. The molecule has 1 saturated heterocycles. The number of sulfonamides is 1. The second-order valence-corrected chi connectivity index (χ2v) is 11.9. The first-order valence-electron chi connectivity index (χ1n) is 11.3. The first-order chi connectivity index (χ1) is 16.1. The minimum absolute atomic E-state index is 0.0801. The molecule has 0 bridgehead atoms. The van der Waals surface area contributed by atoms with Crippen molar-refractivity contribution in [1.29, 1.82) is 0 Å². The molecule has 2 aromatic carbocycles. The lowest BCUT2D eigenvalue weighted by Crippen LogP contribution is -2.44. The molecule has 34 heavy (non-hydrogen) atoms. The number of nitrogens with zero attached hydrogens (tertiary/aromatic N) is 2. The number of carbonyl (C=O) groups is 2. The van der Waals surface area contributed by atoms with Crippen molar-refractivity contribution >= 4 is 60.7 Å². The van der Waals surface area contributed by atoms with Crippen molar-refractivity contribution in [2.24, 2.45) is 5.92 Å². The first-order valence-corrected chi connectivity index (χ1v) is 13.9. The van der Waals surface area contributed by atoms with Crippen molar-refractivity contribution < 1.29 is 18.0 Å². The fourth-order valence-corrected chi connectivity index (χ4v) is 7.16. The smallest absolute Gasteiger partial charge is 0.245 e. The van der Waals surface area contributed by atoms with Crippen LogP contribution in [0.25, 0.3) is 0 Å². The fraction of sp³-hybridized carbons (Fsp3) is 0.417. The van der Waals surface area contributed by atoms with Gasteiger partial charge >= 0.3 is 0 Å². The maximum Gasteiger partial charge on any atom is 0.245 e. The van der Waals surface area contributed by atoms with Crippen molar-refractivity contribution in [1.82, 2.24) is 4.31 Å². The molecule has 2 amide bonds. The van der Waals surface area contributed by atoms with E-state index in [1.165, 1.54) is 4.31 Å². The summed E-state index contributed by atoms with van der Waals surface area (Å²) in [7, 11) is -3.93. The predicted molar refractivity (Wildman–Crippen MR) is 137 cm³/mol. The monoisotopic (exact) mass is 567 g/mol. The SMILES string of the molecule is CCC(=O)N1CCc2cc(Br)cc(S(=O)(=O)N3CCC[C@H](C(=O)Nc4ccc(C)c(Cl)c4)C3)c21. The van der Waals surface area contributed by atoms with Crippen molar-refractivity contribution in [2.45, 2.75) is 44.4 Å². The molecule has 0 aliphatic carbocycles. The number of nitrogens with one attached hydrogen (secondary N) is 1. The molecule has 0 unspecified atom stereocenters. The van der Waals surface area contributed by atoms with Crippen molar-refractivity contribution in [3.8, 4) is 0 Å². The van der Waals surface area contributed by atoms with Gasteiger partial charge in [0.05, 0.1) is 11.6 Å². The highest BCUT2D eigenvalue weighted by Crippen LogP contribution is 2.40. The predicted octanol–water partition coefficient (Wildman–Crippen LogP) is 4.75. The molecule has 7 nitrogen and oxygen atoms in total. The van der Waals surface area contributed by atoms with Gasteiger partial charge in [0.15, 0.2) is 0 Å². The van der Waals surface area contributed by atoms with Crippen LogP contribution >= 0.6 is 27.5 Å². The minimum atomic E-state index is -3.93. The average molecular weight is 569 g/mol. The summed E-state index contributed by atoms with van der Waals surface area (Å²) in [6, 6.07) is 8.73. The first kappa shape index (κ1) is 25.2. The number of carbonyl (C=O) groups excluding carboxylic acids is 2. The van der Waals surface area contributed by atoms with E-state index < -0.39 is 15.9 Å². The molecule has 2 heterocycles. The van der Waals surface area contributed by atoms with Crippen LogP contribution in [-0.4, -0.2) is 44.2 Å². The summed E-state index contributed by atoms with van der Waals surface area (Å²) in [5.74, 6) is -0.829. The summed E-state index contributed by atoms with van der Waals surface area (Å²) in [4.78, 5) is 27.2. The second-order valence-electron chi connectivity index (χ2n) is 8.72. The number of amides is 2. The van der Waals surface area contributed by atoms with Crippen LogP contribution in [0, 0.1) is 12.8 Å². The van der Waals surface area contributed by atoms with Gasteiger partial charge in [0.2, 0.25) is 21.8 Å². The molecule has 10 heteroatoms. The van der Waals surface area contributed by atoms with Crippen LogP contribution < -0.4 is 10.2 Å². The van der Waals surface area contributed by atoms with E-state index in [0.29, 0.717) is 59.6 Å². The lowest BCUT2D eigenvalue weighted by atomic mass is 9.98. The Kier molecular flexibility index (Phi) is 7.38. The van der Waals surface area contributed by atoms with Crippen molar-refractivity contribution in [3.63, 3.8) is 0 Å². The van der Waals surface area contributed by atoms with Crippen LogP contribution in [0.5, 0.6) is 0 Å². The van der Waals surface area contributed by atoms with Gasteiger partial charge in [-0.1, -0.05) is 40.5 Å². The van der Waals surface area contributed by atoms with Crippen molar-refractivity contribution in [3.05, 3.63) is 51.0 Å². The second kappa shape index (κ2) is 9.97. The van der Waals surface area contributed by atoms with Crippen LogP contribution in [0.3, 0.4) is 0 Å². The Morgan fingerprint density at radius 3 is 2.68 bits per heavy atom. The molecule has 4 rings (SSSR count). The quantitative estimate of drug-likeness (QED) is 0.564. The summed E-state index contributed by atoms with van der Waals surface area (Å²) in [6.07, 6.45) is 2.06. The van der Waals surface area contributed by atoms with E-state index in [9.17, 15) is 18.0 Å². The Labute approximate surface area is 213 Å². The fourth-order valence-electron chi connectivity index (χ4n) is 4.53. The van der Waals surface area contributed by atoms with Crippen molar-refractivity contribution in [2.75, 3.05) is 29.9 Å². The number of hydrogen-bond acceptors (Lipinski definition) is 4. The molecule has 0 radical (unpaired) electrons. The molecule has 2 aliphatic heterocycles. The number of aryl methyl sites for hydroxylation is 1. The van der Waals surface area contributed by atoms with Crippen LogP contribution in [0.1, 0.15) is 37.3 Å². The van der Waals surface area contributed by atoms with E-state index in [4.69, 9.17) is 11.6 Å². The van der Waals surface area contributed by atoms with E-state index >= 15 is 0 Å². The van der Waals surface area contributed by atoms with Crippen LogP contribution in [0.2, 0.25) is 5.02 Å². The molecule has 1 N–H and O–H groups in total. The number of benzene rings is 2.